The lowest BCUT2D eigenvalue weighted by atomic mass is 9.81. The molecule has 0 heterocycles. The van der Waals surface area contributed by atoms with Crippen molar-refractivity contribution in [3.63, 3.8) is 0 Å². The summed E-state index contributed by atoms with van der Waals surface area (Å²) in [5.41, 5.74) is 3.90. The lowest BCUT2D eigenvalue weighted by molar-refractivity contribution is 0.457. The van der Waals surface area contributed by atoms with Crippen LogP contribution in [0.2, 0.25) is 0 Å². The molecule has 0 fully saturated rings. The van der Waals surface area contributed by atoms with Gasteiger partial charge in [0.15, 0.2) is 0 Å². The number of aliphatic hydroxyl groups excluding tert-OH is 1. The van der Waals surface area contributed by atoms with Crippen LogP contribution in [0.1, 0.15) is 55.9 Å². The van der Waals surface area contributed by atoms with Gasteiger partial charge >= 0.3 is 0 Å². The molecule has 0 amide bonds. The number of fused-ring (bicyclic) bond motifs is 1. The van der Waals surface area contributed by atoms with Gasteiger partial charge in [-0.15, -0.1) is 0 Å². The standard InChI is InChI=1S/C19H26O2/c1-5-6-12(2)9-15-11-18(21)19(14(4)20)16-8-7-13(3)10-17(15)16/h7-8,11-13,20-21H,4-6,9-10H2,1-3H3. The van der Waals surface area contributed by atoms with Gasteiger partial charge in [-0.1, -0.05) is 52.3 Å². The first-order chi connectivity index (χ1) is 9.93. The Morgan fingerprint density at radius 3 is 2.81 bits per heavy atom. The SMILES string of the molecule is C=C(O)c1c(O)cc(CC(C)CCC)c2c1C=CC(C)C2. The Morgan fingerprint density at radius 2 is 2.19 bits per heavy atom. The van der Waals surface area contributed by atoms with Gasteiger partial charge in [-0.05, 0) is 47.4 Å². The summed E-state index contributed by atoms with van der Waals surface area (Å²) >= 11 is 0. The third kappa shape index (κ3) is 3.31. The summed E-state index contributed by atoms with van der Waals surface area (Å²) in [6, 6.07) is 1.83. The Labute approximate surface area is 127 Å². The summed E-state index contributed by atoms with van der Waals surface area (Å²) in [4.78, 5) is 0. The van der Waals surface area contributed by atoms with Crippen LogP contribution in [-0.2, 0) is 12.8 Å². The average molecular weight is 286 g/mol. The molecule has 2 rings (SSSR count). The number of allylic oxidation sites excluding steroid dienone is 1. The van der Waals surface area contributed by atoms with Gasteiger partial charge in [0.25, 0.3) is 0 Å². The fourth-order valence-electron chi connectivity index (χ4n) is 3.32. The first kappa shape index (κ1) is 15.7. The second-order valence-corrected chi connectivity index (χ2v) is 6.41. The monoisotopic (exact) mass is 286 g/mol. The van der Waals surface area contributed by atoms with Gasteiger partial charge in [-0.3, -0.25) is 0 Å². The molecule has 0 radical (unpaired) electrons. The van der Waals surface area contributed by atoms with E-state index in [1.54, 1.807) is 0 Å². The van der Waals surface area contributed by atoms with Gasteiger partial charge in [0.1, 0.15) is 11.5 Å². The summed E-state index contributed by atoms with van der Waals surface area (Å²) in [6.45, 7) is 10.2. The molecule has 0 spiro atoms. The Morgan fingerprint density at radius 1 is 1.48 bits per heavy atom. The third-order valence-corrected chi connectivity index (χ3v) is 4.31. The van der Waals surface area contributed by atoms with Gasteiger partial charge < -0.3 is 10.2 Å². The van der Waals surface area contributed by atoms with Crippen LogP contribution in [0.3, 0.4) is 0 Å². The van der Waals surface area contributed by atoms with E-state index in [2.05, 4.69) is 33.4 Å². The van der Waals surface area contributed by atoms with Crippen molar-refractivity contribution in [2.24, 2.45) is 11.8 Å². The maximum absolute atomic E-state index is 10.3. The lowest BCUT2D eigenvalue weighted by Gasteiger charge is -2.24. The van der Waals surface area contributed by atoms with E-state index in [1.807, 2.05) is 12.1 Å². The Balaban J connectivity index is 2.50. The van der Waals surface area contributed by atoms with E-state index in [0.717, 1.165) is 18.4 Å². The van der Waals surface area contributed by atoms with E-state index in [0.29, 0.717) is 17.4 Å². The molecule has 21 heavy (non-hydrogen) atoms. The number of benzene rings is 1. The largest absolute Gasteiger partial charge is 0.508 e. The van der Waals surface area contributed by atoms with Gasteiger partial charge in [-0.25, -0.2) is 0 Å². The second-order valence-electron chi connectivity index (χ2n) is 6.41. The molecular formula is C19H26O2. The quantitative estimate of drug-likeness (QED) is 0.739. The van der Waals surface area contributed by atoms with Crippen LogP contribution in [0.4, 0.5) is 0 Å². The Hall–Kier alpha value is -1.70. The highest BCUT2D eigenvalue weighted by molar-refractivity contribution is 5.77. The van der Waals surface area contributed by atoms with Gasteiger partial charge in [0.2, 0.25) is 0 Å². The maximum atomic E-state index is 10.3. The van der Waals surface area contributed by atoms with Crippen molar-refractivity contribution in [2.75, 3.05) is 0 Å². The van der Waals surface area contributed by atoms with Crippen molar-refractivity contribution in [1.29, 1.82) is 0 Å². The molecular weight excluding hydrogens is 260 g/mol. The van der Waals surface area contributed by atoms with Crippen LogP contribution >= 0.6 is 0 Å². The maximum Gasteiger partial charge on any atom is 0.127 e. The highest BCUT2D eigenvalue weighted by Crippen LogP contribution is 2.38. The molecule has 0 saturated heterocycles. The number of aliphatic hydroxyl groups is 1. The number of aromatic hydroxyl groups is 1. The third-order valence-electron chi connectivity index (χ3n) is 4.31. The second kappa shape index (κ2) is 6.38. The number of phenols is 1. The van der Waals surface area contributed by atoms with Crippen LogP contribution in [0.5, 0.6) is 5.75 Å². The molecule has 0 saturated carbocycles. The zero-order valence-electron chi connectivity index (χ0n) is 13.3. The van der Waals surface area contributed by atoms with E-state index in [1.165, 1.54) is 24.0 Å². The predicted octanol–water partition coefficient (Wildman–Crippen LogP) is 5.11. The Bertz CT molecular complexity index is 569. The van der Waals surface area contributed by atoms with E-state index in [-0.39, 0.29) is 11.5 Å². The van der Waals surface area contributed by atoms with Crippen LogP contribution in [0.25, 0.3) is 11.8 Å². The van der Waals surface area contributed by atoms with Crippen molar-refractivity contribution in [3.05, 3.63) is 41.0 Å². The summed E-state index contributed by atoms with van der Waals surface area (Å²) in [7, 11) is 0. The summed E-state index contributed by atoms with van der Waals surface area (Å²) in [5, 5.41) is 20.1. The summed E-state index contributed by atoms with van der Waals surface area (Å²) in [6.07, 6.45) is 8.46. The topological polar surface area (TPSA) is 40.5 Å². The molecule has 0 aromatic heterocycles. The van der Waals surface area contributed by atoms with Crippen molar-refractivity contribution in [3.8, 4) is 5.75 Å². The fourth-order valence-corrected chi connectivity index (χ4v) is 3.32. The minimum atomic E-state index is -0.0592. The van der Waals surface area contributed by atoms with Gasteiger partial charge in [0, 0.05) is 0 Å². The zero-order valence-corrected chi connectivity index (χ0v) is 13.3. The highest BCUT2D eigenvalue weighted by Gasteiger charge is 2.22. The highest BCUT2D eigenvalue weighted by atomic mass is 16.3. The molecule has 2 N–H and O–H groups in total. The van der Waals surface area contributed by atoms with Crippen LogP contribution in [0.15, 0.2) is 18.7 Å². The van der Waals surface area contributed by atoms with E-state index < -0.39 is 0 Å². The Kier molecular flexibility index (Phi) is 4.76. The van der Waals surface area contributed by atoms with Crippen LogP contribution in [-0.4, -0.2) is 10.2 Å². The van der Waals surface area contributed by atoms with Crippen molar-refractivity contribution in [2.45, 2.75) is 46.5 Å². The minimum Gasteiger partial charge on any atom is -0.508 e. The van der Waals surface area contributed by atoms with Crippen LogP contribution in [0, 0.1) is 11.8 Å². The smallest absolute Gasteiger partial charge is 0.127 e. The molecule has 2 atom stereocenters. The molecule has 1 aliphatic rings. The molecule has 2 nitrogen and oxygen atoms in total. The van der Waals surface area contributed by atoms with E-state index >= 15 is 0 Å². The zero-order chi connectivity index (χ0) is 15.6. The minimum absolute atomic E-state index is 0.0592. The van der Waals surface area contributed by atoms with Gasteiger partial charge in [0.05, 0.1) is 5.56 Å². The molecule has 1 aromatic rings. The summed E-state index contributed by atoms with van der Waals surface area (Å²) < 4.78 is 0. The molecule has 2 unspecified atom stereocenters. The number of hydrogen-bond acceptors (Lipinski definition) is 2. The molecule has 1 aromatic carbocycles. The normalized spacial score (nSPS) is 18.3. The van der Waals surface area contributed by atoms with Crippen molar-refractivity contribution >= 4 is 11.8 Å². The lowest BCUT2D eigenvalue weighted by Crippen LogP contribution is -2.12. The molecule has 0 bridgehead atoms. The predicted molar refractivity (Wildman–Crippen MR) is 89.4 cm³/mol. The number of rotatable bonds is 5. The van der Waals surface area contributed by atoms with E-state index in [9.17, 15) is 10.2 Å². The molecule has 2 heteroatoms. The molecule has 114 valence electrons. The van der Waals surface area contributed by atoms with Crippen molar-refractivity contribution < 1.29 is 10.2 Å². The first-order valence-corrected chi connectivity index (χ1v) is 7.88. The number of hydrogen-bond donors (Lipinski definition) is 2. The fraction of sp³-hybridized carbons (Fsp3) is 0.474. The molecule has 0 aliphatic heterocycles. The molecule has 1 aliphatic carbocycles. The van der Waals surface area contributed by atoms with E-state index in [4.69, 9.17) is 0 Å². The summed E-state index contributed by atoms with van der Waals surface area (Å²) in [5.74, 6) is 1.17. The first-order valence-electron chi connectivity index (χ1n) is 7.88. The van der Waals surface area contributed by atoms with Crippen LogP contribution < -0.4 is 0 Å². The average Bonchev–Trinajstić information content (AvgIpc) is 2.39. The number of phenolic OH excluding ortho intramolecular Hbond substituents is 1. The van der Waals surface area contributed by atoms with Crippen molar-refractivity contribution in [1.82, 2.24) is 0 Å². The van der Waals surface area contributed by atoms with Gasteiger partial charge in [-0.2, -0.15) is 0 Å².